The van der Waals surface area contributed by atoms with Crippen LogP contribution in [0.5, 0.6) is 0 Å². The molecule has 1 aromatic carbocycles. The largest absolute Gasteiger partial charge is 0.299 e. The van der Waals surface area contributed by atoms with Gasteiger partial charge in [0.15, 0.2) is 0 Å². The average molecular weight is 279 g/mol. The van der Waals surface area contributed by atoms with E-state index < -0.39 is 0 Å². The second-order valence-electron chi connectivity index (χ2n) is 7.92. The quantitative estimate of drug-likeness (QED) is 0.749. The molecule has 3 saturated carbocycles. The minimum absolute atomic E-state index is 0.0667. The number of carbonyl (C=O) groups excluding carboxylic acids is 1. The molecule has 0 saturated heterocycles. The summed E-state index contributed by atoms with van der Waals surface area (Å²) in [6.45, 7) is 2.27. The highest BCUT2D eigenvalue weighted by atomic mass is 16.1. The molecule has 0 N–H and O–H groups in total. The highest BCUT2D eigenvalue weighted by molar-refractivity contribution is 5.91. The molecule has 0 aliphatic heterocycles. The summed E-state index contributed by atoms with van der Waals surface area (Å²) in [6, 6.07) is 9.86. The fourth-order valence-corrected chi connectivity index (χ4v) is 6.91. The molecule has 21 heavy (non-hydrogen) atoms. The maximum Gasteiger partial charge on any atom is 0.139 e. The number of Topliss-reactive ketones (excluding diaryl/α,β-unsaturated/α-hetero) is 1. The van der Waals surface area contributed by atoms with E-state index in [-0.39, 0.29) is 5.41 Å². The summed E-state index contributed by atoms with van der Waals surface area (Å²) in [5, 5.41) is 0. The zero-order valence-corrected chi connectivity index (χ0v) is 12.8. The number of hydrogen-bond acceptors (Lipinski definition) is 1. The normalized spacial score (nSPS) is 46.3. The van der Waals surface area contributed by atoms with Crippen LogP contribution in [-0.2, 0) is 11.2 Å². The Morgan fingerprint density at radius 1 is 1.38 bits per heavy atom. The standard InChI is InChI=1S/C20H23O/c1-2-19-10-9-16-15-6-4-3-5-13(15)7-8-17(16)20(19)12-14(20)11-18(19)21/h4-6,14,16-17H,2,7-12H2,1H3/t14-,16-,17-,19-,20+/m1/s1. The minimum Gasteiger partial charge on any atom is -0.299 e. The van der Waals surface area contributed by atoms with Gasteiger partial charge in [-0.25, -0.2) is 0 Å². The van der Waals surface area contributed by atoms with Crippen LogP contribution in [0.4, 0.5) is 0 Å². The summed E-state index contributed by atoms with van der Waals surface area (Å²) >= 11 is 0. The maximum absolute atomic E-state index is 12.7. The van der Waals surface area contributed by atoms with Crippen LogP contribution in [0.1, 0.15) is 62.5 Å². The van der Waals surface area contributed by atoms with Crippen molar-refractivity contribution in [1.82, 2.24) is 0 Å². The predicted molar refractivity (Wildman–Crippen MR) is 82.0 cm³/mol. The molecule has 0 amide bonds. The van der Waals surface area contributed by atoms with Crippen LogP contribution in [0.2, 0.25) is 0 Å². The molecule has 0 unspecified atom stereocenters. The first-order valence-corrected chi connectivity index (χ1v) is 8.75. The van der Waals surface area contributed by atoms with E-state index in [0.717, 1.165) is 37.0 Å². The average Bonchev–Trinajstić information content (AvgIpc) is 3.16. The molecular weight excluding hydrogens is 256 g/mol. The molecule has 5 atom stereocenters. The second kappa shape index (κ2) is 3.80. The van der Waals surface area contributed by atoms with Crippen LogP contribution in [0.15, 0.2) is 18.2 Å². The lowest BCUT2D eigenvalue weighted by atomic mass is 9.51. The van der Waals surface area contributed by atoms with Crippen molar-refractivity contribution in [2.24, 2.45) is 22.7 Å². The van der Waals surface area contributed by atoms with Gasteiger partial charge in [-0.3, -0.25) is 4.79 Å². The van der Waals surface area contributed by atoms with E-state index in [1.807, 2.05) is 0 Å². The number of benzene rings is 1. The van der Waals surface area contributed by atoms with Crippen molar-refractivity contribution in [3.63, 3.8) is 0 Å². The van der Waals surface area contributed by atoms with E-state index in [9.17, 15) is 4.79 Å². The lowest BCUT2D eigenvalue weighted by Crippen LogP contribution is -2.47. The first-order valence-electron chi connectivity index (χ1n) is 8.75. The van der Waals surface area contributed by atoms with Crippen molar-refractivity contribution >= 4 is 5.78 Å². The number of ketones is 1. The second-order valence-corrected chi connectivity index (χ2v) is 7.92. The van der Waals surface area contributed by atoms with Gasteiger partial charge < -0.3 is 0 Å². The number of aryl methyl sites for hydroxylation is 1. The van der Waals surface area contributed by atoms with Gasteiger partial charge in [0.05, 0.1) is 0 Å². The van der Waals surface area contributed by atoms with Crippen LogP contribution >= 0.6 is 0 Å². The third-order valence-corrected chi connectivity index (χ3v) is 7.75. The van der Waals surface area contributed by atoms with Crippen LogP contribution in [0, 0.1) is 28.7 Å². The third kappa shape index (κ3) is 1.24. The highest BCUT2D eigenvalue weighted by Gasteiger charge is 2.77. The van der Waals surface area contributed by atoms with Crippen molar-refractivity contribution in [3.05, 3.63) is 35.4 Å². The Bertz CT molecular complexity index is 632. The Labute approximate surface area is 127 Å². The van der Waals surface area contributed by atoms with Crippen molar-refractivity contribution in [2.75, 3.05) is 0 Å². The Balaban J connectivity index is 1.63. The van der Waals surface area contributed by atoms with Gasteiger partial charge in [0.1, 0.15) is 5.78 Å². The Morgan fingerprint density at radius 3 is 3.14 bits per heavy atom. The van der Waals surface area contributed by atoms with Crippen molar-refractivity contribution in [1.29, 1.82) is 0 Å². The van der Waals surface area contributed by atoms with Gasteiger partial charge >= 0.3 is 0 Å². The molecule has 0 heterocycles. The lowest BCUT2D eigenvalue weighted by Gasteiger charge is -2.52. The summed E-state index contributed by atoms with van der Waals surface area (Å²) in [6.07, 6.45) is 8.22. The van der Waals surface area contributed by atoms with Gasteiger partial charge in [-0.15, -0.1) is 0 Å². The SMILES string of the molecule is CC[C@]12CC[C@@H]3c4cc[c]cc4CC[C@H]3[C@@]13C[C@H]3CC2=O. The first kappa shape index (κ1) is 12.4. The van der Waals surface area contributed by atoms with Crippen LogP contribution in [0.25, 0.3) is 0 Å². The van der Waals surface area contributed by atoms with Crippen molar-refractivity contribution < 1.29 is 4.79 Å². The van der Waals surface area contributed by atoms with Gasteiger partial charge in [0.2, 0.25) is 0 Å². The molecule has 1 heteroatoms. The Hall–Kier alpha value is -1.11. The van der Waals surface area contributed by atoms with Gasteiger partial charge in [-0.05, 0) is 78.9 Å². The smallest absolute Gasteiger partial charge is 0.139 e. The molecule has 109 valence electrons. The van der Waals surface area contributed by atoms with Gasteiger partial charge in [0.25, 0.3) is 0 Å². The fourth-order valence-electron chi connectivity index (χ4n) is 6.91. The van der Waals surface area contributed by atoms with Gasteiger partial charge in [-0.1, -0.05) is 25.1 Å². The van der Waals surface area contributed by atoms with Crippen LogP contribution in [-0.4, -0.2) is 5.78 Å². The predicted octanol–water partition coefficient (Wildman–Crippen LogP) is 4.30. The highest BCUT2D eigenvalue weighted by Crippen LogP contribution is 2.81. The zero-order valence-electron chi connectivity index (χ0n) is 12.8. The van der Waals surface area contributed by atoms with Crippen LogP contribution < -0.4 is 0 Å². The minimum atomic E-state index is 0.0667. The number of rotatable bonds is 1. The van der Waals surface area contributed by atoms with E-state index in [1.54, 1.807) is 5.56 Å². The third-order valence-electron chi connectivity index (χ3n) is 7.75. The summed E-state index contributed by atoms with van der Waals surface area (Å²) in [7, 11) is 0. The van der Waals surface area contributed by atoms with E-state index in [2.05, 4.69) is 31.2 Å². The summed E-state index contributed by atoms with van der Waals surface area (Å²) in [5.41, 5.74) is 3.59. The summed E-state index contributed by atoms with van der Waals surface area (Å²) in [4.78, 5) is 12.7. The first-order chi connectivity index (χ1) is 10.2. The zero-order chi connectivity index (χ0) is 14.2. The molecule has 1 aromatic rings. The maximum atomic E-state index is 12.7. The molecule has 0 aromatic heterocycles. The topological polar surface area (TPSA) is 17.1 Å². The Kier molecular flexibility index (Phi) is 2.25. The van der Waals surface area contributed by atoms with E-state index in [4.69, 9.17) is 0 Å². The van der Waals surface area contributed by atoms with E-state index in [0.29, 0.717) is 11.2 Å². The molecule has 1 nitrogen and oxygen atoms in total. The van der Waals surface area contributed by atoms with Gasteiger partial charge in [-0.2, -0.15) is 0 Å². The van der Waals surface area contributed by atoms with E-state index >= 15 is 0 Å². The molecule has 4 aliphatic rings. The monoisotopic (exact) mass is 279 g/mol. The number of hydrogen-bond donors (Lipinski definition) is 0. The molecule has 4 aliphatic carbocycles. The van der Waals surface area contributed by atoms with E-state index in [1.165, 1.54) is 31.2 Å². The number of carbonyl (C=O) groups is 1. The fraction of sp³-hybridized carbons (Fsp3) is 0.650. The molecule has 3 fully saturated rings. The Morgan fingerprint density at radius 2 is 2.29 bits per heavy atom. The molecule has 1 spiro atoms. The van der Waals surface area contributed by atoms with Crippen LogP contribution in [0.3, 0.4) is 0 Å². The molecule has 5 rings (SSSR count). The lowest BCUT2D eigenvalue weighted by molar-refractivity contribution is -0.134. The van der Waals surface area contributed by atoms with Gasteiger partial charge in [0, 0.05) is 11.8 Å². The molecule has 0 bridgehead atoms. The molecular formula is C20H23O. The summed E-state index contributed by atoms with van der Waals surface area (Å²) in [5.74, 6) is 2.85. The van der Waals surface area contributed by atoms with Crippen molar-refractivity contribution in [2.45, 2.75) is 57.8 Å². The summed E-state index contributed by atoms with van der Waals surface area (Å²) < 4.78 is 0. The molecule has 1 radical (unpaired) electrons. The number of fused-ring (bicyclic) bond motifs is 3. The van der Waals surface area contributed by atoms with Crippen molar-refractivity contribution in [3.8, 4) is 0 Å².